The summed E-state index contributed by atoms with van der Waals surface area (Å²) in [4.78, 5) is 1.36. The van der Waals surface area contributed by atoms with Gasteiger partial charge in [-0.25, -0.2) is 0 Å². The average molecular weight is 267 g/mol. The predicted octanol–water partition coefficient (Wildman–Crippen LogP) is 3.86. The van der Waals surface area contributed by atoms with E-state index >= 15 is 0 Å². The van der Waals surface area contributed by atoms with Gasteiger partial charge in [-0.05, 0) is 43.8 Å². The molecule has 1 unspecified atom stereocenters. The van der Waals surface area contributed by atoms with Gasteiger partial charge in [0, 0.05) is 6.04 Å². The Morgan fingerprint density at radius 3 is 2.72 bits per heavy atom. The van der Waals surface area contributed by atoms with E-state index in [4.69, 9.17) is 0 Å². The molecule has 1 atom stereocenters. The van der Waals surface area contributed by atoms with Crippen molar-refractivity contribution in [1.82, 2.24) is 14.9 Å². The molecule has 0 bridgehead atoms. The topological polar surface area (TPSA) is 37.8 Å². The summed E-state index contributed by atoms with van der Waals surface area (Å²) in [6, 6.07) is 0.480. The molecule has 0 saturated heterocycles. The molecule has 0 radical (unpaired) electrons. The Kier molecular flexibility index (Phi) is 5.57. The van der Waals surface area contributed by atoms with E-state index in [1.165, 1.54) is 49.8 Å². The van der Waals surface area contributed by atoms with Gasteiger partial charge < -0.3 is 5.32 Å². The summed E-state index contributed by atoms with van der Waals surface area (Å²) in [7, 11) is 0. The lowest BCUT2D eigenvalue weighted by atomic mass is 9.84. The van der Waals surface area contributed by atoms with Crippen LogP contribution in [0.5, 0.6) is 0 Å². The standard InChI is InChI=1S/C14H25N3S/c1-3-9-15-13(14-11(2)16-17-18-14)10-12-7-5-4-6-8-12/h12-13,15H,3-10H2,1-2H3. The molecule has 0 amide bonds. The van der Waals surface area contributed by atoms with Crippen LogP contribution in [0.15, 0.2) is 0 Å². The van der Waals surface area contributed by atoms with E-state index in [-0.39, 0.29) is 0 Å². The predicted molar refractivity (Wildman–Crippen MR) is 76.9 cm³/mol. The third-order valence-corrected chi connectivity index (χ3v) is 4.88. The fourth-order valence-electron chi connectivity index (χ4n) is 2.91. The molecule has 1 saturated carbocycles. The molecule has 2 rings (SSSR count). The van der Waals surface area contributed by atoms with Gasteiger partial charge in [-0.1, -0.05) is 43.5 Å². The Balaban J connectivity index is 1.98. The molecular formula is C14H25N3S. The van der Waals surface area contributed by atoms with Gasteiger partial charge in [0.2, 0.25) is 0 Å². The van der Waals surface area contributed by atoms with E-state index in [1.807, 2.05) is 0 Å². The lowest BCUT2D eigenvalue weighted by molar-refractivity contribution is 0.301. The summed E-state index contributed by atoms with van der Waals surface area (Å²) in [5.41, 5.74) is 1.12. The molecule has 1 heterocycles. The summed E-state index contributed by atoms with van der Waals surface area (Å²) in [5.74, 6) is 0.898. The Morgan fingerprint density at radius 2 is 2.11 bits per heavy atom. The molecule has 1 aromatic rings. The summed E-state index contributed by atoms with van der Waals surface area (Å²) in [6.45, 7) is 5.40. The monoisotopic (exact) mass is 267 g/mol. The SMILES string of the molecule is CCCNC(CC1CCCCC1)c1snnc1C. The van der Waals surface area contributed by atoms with E-state index in [2.05, 4.69) is 28.8 Å². The van der Waals surface area contributed by atoms with Crippen LogP contribution in [-0.2, 0) is 0 Å². The van der Waals surface area contributed by atoms with Crippen molar-refractivity contribution in [2.75, 3.05) is 6.54 Å². The number of nitrogens with one attached hydrogen (secondary N) is 1. The summed E-state index contributed by atoms with van der Waals surface area (Å²) >= 11 is 1.57. The summed E-state index contributed by atoms with van der Waals surface area (Å²) in [5, 5.41) is 7.86. The number of hydrogen-bond donors (Lipinski definition) is 1. The first kappa shape index (κ1) is 13.9. The van der Waals surface area contributed by atoms with Crippen molar-refractivity contribution in [3.8, 4) is 0 Å². The van der Waals surface area contributed by atoms with Crippen LogP contribution in [0.2, 0.25) is 0 Å². The highest BCUT2D eigenvalue weighted by Crippen LogP contribution is 2.33. The number of aromatic nitrogens is 2. The smallest absolute Gasteiger partial charge is 0.0772 e. The average Bonchev–Trinajstić information content (AvgIpc) is 2.82. The van der Waals surface area contributed by atoms with Crippen molar-refractivity contribution in [3.05, 3.63) is 10.6 Å². The van der Waals surface area contributed by atoms with Crippen LogP contribution in [0.3, 0.4) is 0 Å². The number of rotatable bonds is 6. The quantitative estimate of drug-likeness (QED) is 0.850. The first-order valence-electron chi connectivity index (χ1n) is 7.33. The largest absolute Gasteiger partial charge is 0.309 e. The lowest BCUT2D eigenvalue weighted by Crippen LogP contribution is -2.25. The molecule has 1 fully saturated rings. The molecule has 1 N–H and O–H groups in total. The minimum Gasteiger partial charge on any atom is -0.309 e. The first-order chi connectivity index (χ1) is 8.81. The zero-order valence-corrected chi connectivity index (χ0v) is 12.4. The van der Waals surface area contributed by atoms with Gasteiger partial charge in [-0.15, -0.1) is 5.10 Å². The van der Waals surface area contributed by atoms with Crippen LogP contribution >= 0.6 is 11.5 Å². The molecule has 0 aliphatic heterocycles. The molecule has 0 spiro atoms. The molecule has 4 heteroatoms. The van der Waals surface area contributed by atoms with E-state index in [9.17, 15) is 0 Å². The van der Waals surface area contributed by atoms with Crippen LogP contribution in [0.1, 0.15) is 68.5 Å². The minimum absolute atomic E-state index is 0.480. The summed E-state index contributed by atoms with van der Waals surface area (Å²) < 4.78 is 4.10. The fourth-order valence-corrected chi connectivity index (χ4v) is 3.65. The lowest BCUT2D eigenvalue weighted by Gasteiger charge is -2.26. The molecule has 18 heavy (non-hydrogen) atoms. The van der Waals surface area contributed by atoms with Gasteiger partial charge in [0.25, 0.3) is 0 Å². The third-order valence-electron chi connectivity index (χ3n) is 3.94. The van der Waals surface area contributed by atoms with Crippen molar-refractivity contribution in [3.63, 3.8) is 0 Å². The maximum absolute atomic E-state index is 4.17. The highest BCUT2D eigenvalue weighted by molar-refractivity contribution is 7.05. The molecular weight excluding hydrogens is 242 g/mol. The number of hydrogen-bond acceptors (Lipinski definition) is 4. The highest BCUT2D eigenvalue weighted by Gasteiger charge is 2.22. The Bertz CT molecular complexity index is 345. The van der Waals surface area contributed by atoms with Crippen molar-refractivity contribution >= 4 is 11.5 Å². The second kappa shape index (κ2) is 7.19. The van der Waals surface area contributed by atoms with Gasteiger partial charge in [-0.2, -0.15) is 0 Å². The van der Waals surface area contributed by atoms with Gasteiger partial charge in [-0.3, -0.25) is 0 Å². The van der Waals surface area contributed by atoms with Crippen LogP contribution in [-0.4, -0.2) is 16.1 Å². The molecule has 3 nitrogen and oxygen atoms in total. The molecule has 1 aliphatic rings. The molecule has 1 aromatic heterocycles. The van der Waals surface area contributed by atoms with Gasteiger partial charge >= 0.3 is 0 Å². The fraction of sp³-hybridized carbons (Fsp3) is 0.857. The summed E-state index contributed by atoms with van der Waals surface area (Å²) in [6.07, 6.45) is 9.56. The van der Waals surface area contributed by atoms with Crippen molar-refractivity contribution in [2.24, 2.45) is 5.92 Å². The Hall–Kier alpha value is -0.480. The van der Waals surface area contributed by atoms with E-state index < -0.39 is 0 Å². The van der Waals surface area contributed by atoms with E-state index in [1.54, 1.807) is 11.5 Å². The molecule has 102 valence electrons. The molecule has 1 aliphatic carbocycles. The Morgan fingerprint density at radius 1 is 1.33 bits per heavy atom. The van der Waals surface area contributed by atoms with Crippen molar-refractivity contribution < 1.29 is 0 Å². The maximum atomic E-state index is 4.17. The van der Waals surface area contributed by atoms with Gasteiger partial charge in [0.1, 0.15) is 0 Å². The van der Waals surface area contributed by atoms with E-state index in [0.717, 1.165) is 18.2 Å². The van der Waals surface area contributed by atoms with E-state index in [0.29, 0.717) is 6.04 Å². The van der Waals surface area contributed by atoms with Crippen LogP contribution in [0.4, 0.5) is 0 Å². The minimum atomic E-state index is 0.480. The normalized spacial score (nSPS) is 19.0. The van der Waals surface area contributed by atoms with Crippen LogP contribution in [0, 0.1) is 12.8 Å². The number of nitrogens with zero attached hydrogens (tertiary/aromatic N) is 2. The van der Waals surface area contributed by atoms with Gasteiger partial charge in [0.15, 0.2) is 0 Å². The third kappa shape index (κ3) is 3.75. The van der Waals surface area contributed by atoms with Crippen LogP contribution < -0.4 is 5.32 Å². The Labute approximate surface area is 115 Å². The molecule has 0 aromatic carbocycles. The number of aryl methyl sites for hydroxylation is 1. The van der Waals surface area contributed by atoms with Crippen molar-refractivity contribution in [2.45, 2.75) is 64.8 Å². The zero-order chi connectivity index (χ0) is 12.8. The van der Waals surface area contributed by atoms with Gasteiger partial charge in [0.05, 0.1) is 10.6 Å². The van der Waals surface area contributed by atoms with Crippen molar-refractivity contribution in [1.29, 1.82) is 0 Å². The van der Waals surface area contributed by atoms with Crippen LogP contribution in [0.25, 0.3) is 0 Å². The highest BCUT2D eigenvalue weighted by atomic mass is 32.1. The second-order valence-corrected chi connectivity index (χ2v) is 6.25. The zero-order valence-electron chi connectivity index (χ0n) is 11.6. The first-order valence-corrected chi connectivity index (χ1v) is 8.10. The second-order valence-electron chi connectivity index (χ2n) is 5.47. The maximum Gasteiger partial charge on any atom is 0.0772 e.